The number of halogens is 1. The van der Waals surface area contributed by atoms with Gasteiger partial charge in [-0.25, -0.2) is 9.55 Å². The van der Waals surface area contributed by atoms with Crippen molar-refractivity contribution in [3.05, 3.63) is 11.6 Å². The number of anilines is 1. The third kappa shape index (κ3) is 2.55. The van der Waals surface area contributed by atoms with E-state index in [1.165, 1.54) is 6.33 Å². The molecule has 25 heavy (non-hydrogen) atoms. The van der Waals surface area contributed by atoms with Crippen LogP contribution in [0.1, 0.15) is 12.5 Å². The van der Waals surface area contributed by atoms with Crippen molar-refractivity contribution in [2.45, 2.75) is 24.7 Å². The summed E-state index contributed by atoms with van der Waals surface area (Å²) in [4.78, 5) is 29.8. The zero-order chi connectivity index (χ0) is 18.1. The Morgan fingerprint density at radius 2 is 2.16 bits per heavy atom. The molecule has 2 aromatic heterocycles. The Bertz CT molecular complexity index is 903. The Kier molecular flexibility index (Phi) is 3.65. The van der Waals surface area contributed by atoms with Gasteiger partial charge in [-0.1, -0.05) is 0 Å². The Morgan fingerprint density at radius 1 is 1.44 bits per heavy atom. The molecule has 0 saturated heterocycles. The van der Waals surface area contributed by atoms with Crippen LogP contribution in [-0.4, -0.2) is 58.3 Å². The fourth-order valence-electron chi connectivity index (χ4n) is 3.86. The molecular formula is C12H15ClN5O6P. The molecule has 2 saturated carbocycles. The SMILES string of the molecule is Nc1nc(Cl)nc2c1ncn2[C@@H]1C2C[C@@]2(COP(=O)(O)O)[C@@H](O)[C@H]1O. The first-order chi connectivity index (χ1) is 11.6. The van der Waals surface area contributed by atoms with Crippen LogP contribution in [0.4, 0.5) is 5.82 Å². The normalized spacial score (nSPS) is 34.4. The van der Waals surface area contributed by atoms with E-state index in [0.29, 0.717) is 17.6 Å². The van der Waals surface area contributed by atoms with Crippen molar-refractivity contribution in [1.29, 1.82) is 0 Å². The fourth-order valence-corrected chi connectivity index (χ4v) is 4.44. The number of phosphoric ester groups is 1. The van der Waals surface area contributed by atoms with E-state index in [-0.39, 0.29) is 23.6 Å². The minimum Gasteiger partial charge on any atom is -0.390 e. The number of aromatic nitrogens is 4. The fraction of sp³-hybridized carbons (Fsp3) is 0.583. The highest BCUT2D eigenvalue weighted by Gasteiger charge is 2.72. The smallest absolute Gasteiger partial charge is 0.390 e. The number of hydrogen-bond donors (Lipinski definition) is 5. The van der Waals surface area contributed by atoms with E-state index in [1.807, 2.05) is 0 Å². The molecule has 2 aliphatic carbocycles. The predicted octanol–water partition coefficient (Wildman–Crippen LogP) is -0.546. The number of nitrogens with zero attached hydrogens (tertiary/aromatic N) is 4. The molecule has 13 heteroatoms. The van der Waals surface area contributed by atoms with Gasteiger partial charge in [0, 0.05) is 5.41 Å². The van der Waals surface area contributed by atoms with Crippen molar-refractivity contribution >= 4 is 36.4 Å². The maximum absolute atomic E-state index is 11.0. The van der Waals surface area contributed by atoms with Crippen LogP contribution in [0.25, 0.3) is 11.2 Å². The molecular weight excluding hydrogens is 377 g/mol. The summed E-state index contributed by atoms with van der Waals surface area (Å²) in [7, 11) is -4.68. The van der Waals surface area contributed by atoms with Gasteiger partial charge >= 0.3 is 7.82 Å². The number of imidazole rings is 1. The highest BCUT2D eigenvalue weighted by Crippen LogP contribution is 2.68. The Labute approximate surface area is 145 Å². The van der Waals surface area contributed by atoms with Crippen LogP contribution in [0.5, 0.6) is 0 Å². The minimum absolute atomic E-state index is 0.0771. The lowest BCUT2D eigenvalue weighted by Crippen LogP contribution is -2.35. The number of nitrogen functional groups attached to an aromatic ring is 1. The van der Waals surface area contributed by atoms with Crippen molar-refractivity contribution in [3.8, 4) is 0 Å². The molecule has 0 aromatic carbocycles. The number of nitrogens with two attached hydrogens (primary N) is 1. The molecule has 4 rings (SSSR count). The molecule has 0 aliphatic heterocycles. The van der Waals surface area contributed by atoms with E-state index in [2.05, 4.69) is 19.5 Å². The average molecular weight is 392 g/mol. The first-order valence-electron chi connectivity index (χ1n) is 7.36. The molecule has 6 N–H and O–H groups in total. The minimum atomic E-state index is -4.68. The van der Waals surface area contributed by atoms with Gasteiger partial charge in [0.25, 0.3) is 0 Å². The molecule has 2 aromatic rings. The van der Waals surface area contributed by atoms with Crippen LogP contribution in [0.2, 0.25) is 5.28 Å². The van der Waals surface area contributed by atoms with Gasteiger partial charge < -0.3 is 30.3 Å². The number of phosphoric acid groups is 1. The van der Waals surface area contributed by atoms with Crippen molar-refractivity contribution in [3.63, 3.8) is 0 Å². The largest absolute Gasteiger partial charge is 0.469 e. The monoisotopic (exact) mass is 391 g/mol. The van der Waals surface area contributed by atoms with Crippen LogP contribution in [0.15, 0.2) is 6.33 Å². The summed E-state index contributed by atoms with van der Waals surface area (Å²) in [5.74, 6) is -0.176. The van der Waals surface area contributed by atoms with Crippen LogP contribution < -0.4 is 5.73 Å². The first kappa shape index (κ1) is 17.1. The predicted molar refractivity (Wildman–Crippen MR) is 84.3 cm³/mol. The molecule has 2 fully saturated rings. The van der Waals surface area contributed by atoms with E-state index in [0.717, 1.165) is 0 Å². The van der Waals surface area contributed by atoms with E-state index < -0.39 is 31.5 Å². The number of aliphatic hydroxyl groups excluding tert-OH is 2. The molecule has 5 atom stereocenters. The summed E-state index contributed by atoms with van der Waals surface area (Å²) in [5.41, 5.74) is 5.47. The molecule has 0 amide bonds. The summed E-state index contributed by atoms with van der Waals surface area (Å²) in [6, 6.07) is -0.606. The maximum atomic E-state index is 11.0. The third-order valence-corrected chi connectivity index (χ3v) is 5.73. The van der Waals surface area contributed by atoms with E-state index in [4.69, 9.17) is 27.1 Å². The summed E-state index contributed by atoms with van der Waals surface area (Å²) in [6.45, 7) is -0.360. The van der Waals surface area contributed by atoms with Crippen LogP contribution >= 0.6 is 19.4 Å². The lowest BCUT2D eigenvalue weighted by Gasteiger charge is -2.24. The zero-order valence-corrected chi connectivity index (χ0v) is 14.2. The second kappa shape index (κ2) is 5.34. The summed E-state index contributed by atoms with van der Waals surface area (Å²) >= 11 is 5.84. The van der Waals surface area contributed by atoms with Crippen molar-refractivity contribution in [2.24, 2.45) is 11.3 Å². The number of hydrogen-bond acceptors (Lipinski definition) is 8. The van der Waals surface area contributed by atoms with Gasteiger partial charge in [0.1, 0.15) is 11.6 Å². The highest BCUT2D eigenvalue weighted by atomic mass is 35.5. The van der Waals surface area contributed by atoms with E-state index in [9.17, 15) is 14.8 Å². The zero-order valence-electron chi connectivity index (χ0n) is 12.6. The molecule has 2 aliphatic rings. The van der Waals surface area contributed by atoms with Crippen LogP contribution in [0, 0.1) is 11.3 Å². The number of aliphatic hydroxyl groups is 2. The van der Waals surface area contributed by atoms with Crippen molar-refractivity contribution in [1.82, 2.24) is 19.5 Å². The van der Waals surface area contributed by atoms with Gasteiger partial charge in [0.2, 0.25) is 5.28 Å². The number of rotatable bonds is 4. The van der Waals surface area contributed by atoms with Gasteiger partial charge in [-0.3, -0.25) is 4.52 Å². The van der Waals surface area contributed by atoms with E-state index >= 15 is 0 Å². The summed E-state index contributed by atoms with van der Waals surface area (Å²) < 4.78 is 17.1. The summed E-state index contributed by atoms with van der Waals surface area (Å²) in [5, 5.41) is 20.8. The molecule has 2 heterocycles. The van der Waals surface area contributed by atoms with Gasteiger partial charge in [0.15, 0.2) is 11.5 Å². The molecule has 11 nitrogen and oxygen atoms in total. The van der Waals surface area contributed by atoms with Crippen molar-refractivity contribution < 1.29 is 29.1 Å². The number of fused-ring (bicyclic) bond motifs is 2. The lowest BCUT2D eigenvalue weighted by molar-refractivity contribution is -0.0297. The van der Waals surface area contributed by atoms with Gasteiger partial charge in [0.05, 0.1) is 25.1 Å². The second-order valence-electron chi connectivity index (χ2n) is 6.44. The first-order valence-corrected chi connectivity index (χ1v) is 9.27. The Hall–Kier alpha value is -1.33. The van der Waals surface area contributed by atoms with Gasteiger partial charge in [-0.2, -0.15) is 9.97 Å². The highest BCUT2D eigenvalue weighted by molar-refractivity contribution is 7.46. The third-order valence-electron chi connectivity index (χ3n) is 5.10. The average Bonchev–Trinajstić information content (AvgIpc) is 3.01. The second-order valence-corrected chi connectivity index (χ2v) is 8.01. The molecule has 0 spiro atoms. The maximum Gasteiger partial charge on any atom is 0.469 e. The molecule has 136 valence electrons. The standard InChI is InChI=1S/C12H15ClN5O6P/c13-11-16-9(14)5-10(17-11)18(3-15-5)6-4-1-12(4,8(20)7(6)19)2-24-25(21,22)23/h3-4,6-8,19-20H,1-2H2,(H2,14,16,17)(H2,21,22,23)/t4?,6-,7+,8+,12+/m1/s1. The van der Waals surface area contributed by atoms with Gasteiger partial charge in [-0.05, 0) is 23.9 Å². The van der Waals surface area contributed by atoms with E-state index in [1.54, 1.807) is 4.57 Å². The Balaban J connectivity index is 1.70. The Morgan fingerprint density at radius 3 is 2.84 bits per heavy atom. The van der Waals surface area contributed by atoms with Crippen LogP contribution in [0.3, 0.4) is 0 Å². The molecule has 0 bridgehead atoms. The lowest BCUT2D eigenvalue weighted by atomic mass is 10.0. The summed E-state index contributed by atoms with van der Waals surface area (Å²) in [6.07, 6.45) is -0.540. The molecule has 1 unspecified atom stereocenters. The quantitative estimate of drug-likeness (QED) is 0.335. The van der Waals surface area contributed by atoms with Crippen molar-refractivity contribution in [2.75, 3.05) is 12.3 Å². The van der Waals surface area contributed by atoms with Gasteiger partial charge in [-0.15, -0.1) is 0 Å². The van der Waals surface area contributed by atoms with Crippen LogP contribution in [-0.2, 0) is 9.09 Å². The topological polar surface area (TPSA) is 177 Å². The molecule has 0 radical (unpaired) electrons.